The molecular formula is C41H72O4. The van der Waals surface area contributed by atoms with E-state index in [1.165, 1.54) is 89.9 Å². The van der Waals surface area contributed by atoms with E-state index in [1.807, 2.05) is 0 Å². The van der Waals surface area contributed by atoms with Crippen LogP contribution >= 0.6 is 0 Å². The van der Waals surface area contributed by atoms with Crippen molar-refractivity contribution >= 4 is 11.9 Å². The third-order valence-corrected chi connectivity index (χ3v) is 7.98. The first-order chi connectivity index (χ1) is 22.2. The van der Waals surface area contributed by atoms with Gasteiger partial charge in [-0.25, -0.2) is 0 Å². The van der Waals surface area contributed by atoms with Gasteiger partial charge in [0.05, 0.1) is 13.2 Å². The molecule has 260 valence electrons. The maximum absolute atomic E-state index is 11.9. The van der Waals surface area contributed by atoms with Crippen molar-refractivity contribution in [3.63, 3.8) is 0 Å². The van der Waals surface area contributed by atoms with Crippen LogP contribution in [0.3, 0.4) is 0 Å². The van der Waals surface area contributed by atoms with Crippen molar-refractivity contribution in [1.29, 1.82) is 0 Å². The lowest BCUT2D eigenvalue weighted by molar-refractivity contribution is -0.144. The largest absolute Gasteiger partial charge is 0.466 e. The van der Waals surface area contributed by atoms with Crippen LogP contribution in [0.25, 0.3) is 0 Å². The monoisotopic (exact) mass is 629 g/mol. The maximum atomic E-state index is 11.9. The van der Waals surface area contributed by atoms with Crippen molar-refractivity contribution in [2.75, 3.05) is 13.2 Å². The molecule has 4 heteroatoms. The van der Waals surface area contributed by atoms with Crippen molar-refractivity contribution in [1.82, 2.24) is 0 Å². The van der Waals surface area contributed by atoms with E-state index in [0.29, 0.717) is 26.1 Å². The minimum atomic E-state index is -0.0792. The lowest BCUT2D eigenvalue weighted by Gasteiger charge is -2.06. The average molecular weight is 629 g/mol. The van der Waals surface area contributed by atoms with Crippen LogP contribution in [0.1, 0.15) is 187 Å². The summed E-state index contributed by atoms with van der Waals surface area (Å²) >= 11 is 0. The Balaban J connectivity index is 3.36. The Morgan fingerprint density at radius 2 is 0.689 bits per heavy atom. The summed E-state index contributed by atoms with van der Waals surface area (Å²) < 4.78 is 10.7. The van der Waals surface area contributed by atoms with E-state index in [4.69, 9.17) is 9.47 Å². The molecule has 0 heterocycles. The molecule has 0 aliphatic carbocycles. The smallest absolute Gasteiger partial charge is 0.305 e. The van der Waals surface area contributed by atoms with Crippen LogP contribution in [0.2, 0.25) is 0 Å². The first-order valence-electron chi connectivity index (χ1n) is 19.1. The molecule has 0 saturated carbocycles. The van der Waals surface area contributed by atoms with Crippen molar-refractivity contribution in [3.8, 4) is 0 Å². The Kier molecular flexibility index (Phi) is 36.3. The van der Waals surface area contributed by atoms with Crippen LogP contribution in [0.5, 0.6) is 0 Å². The van der Waals surface area contributed by atoms with E-state index < -0.39 is 0 Å². The number of carbonyl (C=O) groups is 2. The highest BCUT2D eigenvalue weighted by molar-refractivity contribution is 5.69. The molecule has 0 spiro atoms. The van der Waals surface area contributed by atoms with Crippen molar-refractivity contribution < 1.29 is 19.1 Å². The van der Waals surface area contributed by atoms with E-state index in [0.717, 1.165) is 70.6 Å². The van der Waals surface area contributed by atoms with Crippen LogP contribution < -0.4 is 0 Å². The molecule has 0 radical (unpaired) electrons. The van der Waals surface area contributed by atoms with Crippen molar-refractivity contribution in [2.45, 2.75) is 187 Å². The van der Waals surface area contributed by atoms with Gasteiger partial charge in [-0.3, -0.25) is 9.59 Å². The zero-order valence-electron chi connectivity index (χ0n) is 29.8. The predicted octanol–water partition coefficient (Wildman–Crippen LogP) is 12.9. The summed E-state index contributed by atoms with van der Waals surface area (Å²) in [4.78, 5) is 23.9. The van der Waals surface area contributed by atoms with Gasteiger partial charge in [-0.15, -0.1) is 0 Å². The minimum Gasteiger partial charge on any atom is -0.466 e. The van der Waals surface area contributed by atoms with Gasteiger partial charge in [0.1, 0.15) is 0 Å². The summed E-state index contributed by atoms with van der Waals surface area (Å²) in [7, 11) is 0. The maximum Gasteiger partial charge on any atom is 0.305 e. The fraction of sp³-hybridized carbons (Fsp3) is 0.756. The van der Waals surface area contributed by atoms with Gasteiger partial charge in [0.15, 0.2) is 0 Å². The van der Waals surface area contributed by atoms with Gasteiger partial charge in [0.25, 0.3) is 0 Å². The number of allylic oxidation sites excluding steroid dienone is 8. The van der Waals surface area contributed by atoms with Crippen molar-refractivity contribution in [2.24, 2.45) is 0 Å². The molecule has 0 unspecified atom stereocenters. The van der Waals surface area contributed by atoms with Gasteiger partial charge in [-0.2, -0.15) is 0 Å². The molecule has 4 nitrogen and oxygen atoms in total. The number of carbonyl (C=O) groups excluding carboxylic acids is 2. The topological polar surface area (TPSA) is 52.6 Å². The molecule has 0 amide bonds. The van der Waals surface area contributed by atoms with Crippen LogP contribution in [-0.4, -0.2) is 25.2 Å². The summed E-state index contributed by atoms with van der Waals surface area (Å²) in [6.45, 7) is 5.43. The van der Waals surface area contributed by atoms with Gasteiger partial charge < -0.3 is 9.47 Å². The van der Waals surface area contributed by atoms with Crippen LogP contribution in [0.4, 0.5) is 0 Å². The molecule has 45 heavy (non-hydrogen) atoms. The average Bonchev–Trinajstić information content (AvgIpc) is 3.04. The lowest BCUT2D eigenvalue weighted by atomic mass is 10.1. The van der Waals surface area contributed by atoms with Crippen LogP contribution in [0.15, 0.2) is 48.6 Å². The molecule has 0 bridgehead atoms. The van der Waals surface area contributed by atoms with Gasteiger partial charge in [-0.1, -0.05) is 127 Å². The molecule has 0 aromatic heterocycles. The highest BCUT2D eigenvalue weighted by Crippen LogP contribution is 2.11. The van der Waals surface area contributed by atoms with E-state index >= 15 is 0 Å². The SMILES string of the molecule is CCCCC/C=C\C/C=C\CCCCCCCC(=O)OCCCCCOC(=O)CCCCCCC/C=C\C/C=C\CCCCC. The molecule has 0 aliphatic rings. The number of hydrogen-bond acceptors (Lipinski definition) is 4. The molecule has 0 saturated heterocycles. The minimum absolute atomic E-state index is 0.0792. The second-order valence-corrected chi connectivity index (χ2v) is 12.5. The van der Waals surface area contributed by atoms with Crippen LogP contribution in [-0.2, 0) is 19.1 Å². The van der Waals surface area contributed by atoms with Gasteiger partial charge in [0.2, 0.25) is 0 Å². The highest BCUT2D eigenvalue weighted by atomic mass is 16.5. The van der Waals surface area contributed by atoms with Crippen molar-refractivity contribution in [3.05, 3.63) is 48.6 Å². The van der Waals surface area contributed by atoms with E-state index in [2.05, 4.69) is 62.5 Å². The summed E-state index contributed by atoms with van der Waals surface area (Å²) in [6.07, 6.45) is 48.0. The molecule has 0 aromatic carbocycles. The Hall–Kier alpha value is -2.10. The number of hydrogen-bond donors (Lipinski definition) is 0. The second kappa shape index (κ2) is 38.1. The molecule has 0 fully saturated rings. The summed E-state index contributed by atoms with van der Waals surface area (Å²) in [6, 6.07) is 0. The second-order valence-electron chi connectivity index (χ2n) is 12.5. The van der Waals surface area contributed by atoms with Gasteiger partial charge >= 0.3 is 11.9 Å². The summed E-state index contributed by atoms with van der Waals surface area (Å²) in [5.41, 5.74) is 0. The van der Waals surface area contributed by atoms with E-state index in [9.17, 15) is 9.59 Å². The molecule has 0 rings (SSSR count). The van der Waals surface area contributed by atoms with Crippen LogP contribution in [0, 0.1) is 0 Å². The Bertz CT molecular complexity index is 687. The first-order valence-corrected chi connectivity index (χ1v) is 19.1. The third kappa shape index (κ3) is 38.0. The highest BCUT2D eigenvalue weighted by Gasteiger charge is 2.04. The molecular weight excluding hydrogens is 556 g/mol. The molecule has 0 aliphatic heterocycles. The lowest BCUT2D eigenvalue weighted by Crippen LogP contribution is -2.07. The third-order valence-electron chi connectivity index (χ3n) is 7.98. The fourth-order valence-corrected chi connectivity index (χ4v) is 5.06. The van der Waals surface area contributed by atoms with E-state index in [-0.39, 0.29) is 11.9 Å². The summed E-state index contributed by atoms with van der Waals surface area (Å²) in [5.74, 6) is -0.158. The first kappa shape index (κ1) is 42.9. The zero-order valence-corrected chi connectivity index (χ0v) is 29.8. The Labute approximate surface area is 279 Å². The van der Waals surface area contributed by atoms with Gasteiger partial charge in [-0.05, 0) is 96.3 Å². The molecule has 0 N–H and O–H groups in total. The normalized spacial score (nSPS) is 12.0. The number of ether oxygens (including phenoxy) is 2. The quantitative estimate of drug-likeness (QED) is 0.0404. The fourth-order valence-electron chi connectivity index (χ4n) is 5.06. The molecule has 0 atom stereocenters. The molecule has 0 aromatic rings. The number of rotatable bonds is 34. The number of esters is 2. The van der Waals surface area contributed by atoms with E-state index in [1.54, 1.807) is 0 Å². The van der Waals surface area contributed by atoms with Gasteiger partial charge in [0, 0.05) is 12.8 Å². The predicted molar refractivity (Wildman–Crippen MR) is 194 cm³/mol. The zero-order chi connectivity index (χ0) is 32.7. The standard InChI is InChI=1S/C41H72O4/c1-3-5-7-9-11-13-15-17-19-21-23-25-27-29-32-36-40(42)44-38-34-31-35-39-45-41(43)37-33-30-28-26-24-22-20-18-16-14-12-10-8-6-4-2/h11-14,17-20H,3-10,15-16,21-39H2,1-2H3/b13-11-,14-12-,19-17-,20-18-. The Morgan fingerprint density at radius 1 is 0.378 bits per heavy atom. The summed E-state index contributed by atoms with van der Waals surface area (Å²) in [5, 5.41) is 0. The number of unbranched alkanes of at least 4 members (excludes halogenated alkanes) is 18. The Morgan fingerprint density at radius 3 is 1.07 bits per heavy atom.